The van der Waals surface area contributed by atoms with E-state index in [9.17, 15) is 0 Å². The highest BCUT2D eigenvalue weighted by Gasteiger charge is 2.13. The molecule has 106 valence electrons. The van der Waals surface area contributed by atoms with E-state index in [1.54, 1.807) is 0 Å². The van der Waals surface area contributed by atoms with Gasteiger partial charge in [-0.1, -0.05) is 64.5 Å². The summed E-state index contributed by atoms with van der Waals surface area (Å²) in [5.74, 6) is 5.80. The van der Waals surface area contributed by atoms with Crippen LogP contribution in [0.4, 0.5) is 0 Å². The molecule has 3 aromatic rings. The summed E-state index contributed by atoms with van der Waals surface area (Å²) in [5, 5.41) is 2.46. The maximum absolute atomic E-state index is 5.80. The van der Waals surface area contributed by atoms with Gasteiger partial charge in [-0.05, 0) is 46.5 Å². The molecule has 3 heteroatoms. The number of hydrazine groups is 1. The zero-order valence-electron chi connectivity index (χ0n) is 11.8. The Kier molecular flexibility index (Phi) is 4.06. The van der Waals surface area contributed by atoms with Crippen LogP contribution in [0.3, 0.4) is 0 Å². The Morgan fingerprint density at radius 1 is 0.905 bits per heavy atom. The molecular weight excluding hydrogens is 324 g/mol. The summed E-state index contributed by atoms with van der Waals surface area (Å²) < 4.78 is 1.10. The van der Waals surface area contributed by atoms with Crippen LogP contribution in [0, 0.1) is 6.92 Å². The number of hydrogen-bond acceptors (Lipinski definition) is 2. The molecule has 0 spiro atoms. The van der Waals surface area contributed by atoms with Crippen molar-refractivity contribution in [2.75, 3.05) is 0 Å². The molecule has 0 aromatic heterocycles. The Hall–Kier alpha value is -1.68. The van der Waals surface area contributed by atoms with E-state index in [-0.39, 0.29) is 6.04 Å². The van der Waals surface area contributed by atoms with Crippen LogP contribution in [0.15, 0.2) is 65.1 Å². The first-order chi connectivity index (χ1) is 10.2. The zero-order chi connectivity index (χ0) is 14.8. The molecule has 1 atom stereocenters. The van der Waals surface area contributed by atoms with Crippen molar-refractivity contribution in [3.05, 3.63) is 81.8 Å². The van der Waals surface area contributed by atoms with E-state index >= 15 is 0 Å². The van der Waals surface area contributed by atoms with Gasteiger partial charge in [-0.2, -0.15) is 0 Å². The van der Waals surface area contributed by atoms with Crippen molar-refractivity contribution < 1.29 is 0 Å². The third kappa shape index (κ3) is 2.86. The largest absolute Gasteiger partial charge is 0.271 e. The molecule has 0 saturated carbocycles. The highest BCUT2D eigenvalue weighted by molar-refractivity contribution is 9.10. The van der Waals surface area contributed by atoms with Crippen molar-refractivity contribution in [2.24, 2.45) is 5.84 Å². The second-order valence-corrected chi connectivity index (χ2v) is 6.07. The van der Waals surface area contributed by atoms with Crippen LogP contribution >= 0.6 is 15.9 Å². The van der Waals surface area contributed by atoms with Gasteiger partial charge in [0.05, 0.1) is 6.04 Å². The molecule has 0 aliphatic heterocycles. The Bertz CT molecular complexity index is 783. The fraction of sp³-hybridized carbons (Fsp3) is 0.111. The number of fused-ring (bicyclic) bond motifs is 1. The Morgan fingerprint density at radius 2 is 1.57 bits per heavy atom. The second-order valence-electron chi connectivity index (χ2n) is 5.21. The number of nitrogens with one attached hydrogen (secondary N) is 1. The lowest BCUT2D eigenvalue weighted by Crippen LogP contribution is -2.28. The summed E-state index contributed by atoms with van der Waals surface area (Å²) in [6, 6.07) is 21.1. The van der Waals surface area contributed by atoms with E-state index in [2.05, 4.69) is 88.9 Å². The molecule has 2 nitrogen and oxygen atoms in total. The van der Waals surface area contributed by atoms with Crippen LogP contribution in [-0.2, 0) is 0 Å². The number of rotatable bonds is 3. The van der Waals surface area contributed by atoms with Crippen molar-refractivity contribution in [3.8, 4) is 0 Å². The highest BCUT2D eigenvalue weighted by atomic mass is 79.9. The molecule has 21 heavy (non-hydrogen) atoms. The lowest BCUT2D eigenvalue weighted by molar-refractivity contribution is 0.637. The molecule has 0 radical (unpaired) electrons. The topological polar surface area (TPSA) is 38.0 Å². The molecule has 0 amide bonds. The van der Waals surface area contributed by atoms with Crippen LogP contribution in [0.1, 0.15) is 22.7 Å². The summed E-state index contributed by atoms with van der Waals surface area (Å²) in [5.41, 5.74) is 6.44. The van der Waals surface area contributed by atoms with Crippen molar-refractivity contribution in [1.29, 1.82) is 0 Å². The first-order valence-corrected chi connectivity index (χ1v) is 7.69. The lowest BCUT2D eigenvalue weighted by Gasteiger charge is -2.18. The molecule has 1 unspecified atom stereocenters. The lowest BCUT2D eigenvalue weighted by atomic mass is 9.96. The normalized spacial score (nSPS) is 12.5. The summed E-state index contributed by atoms with van der Waals surface area (Å²) in [6.07, 6.45) is 0. The van der Waals surface area contributed by atoms with E-state index in [4.69, 9.17) is 5.84 Å². The number of aryl methyl sites for hydroxylation is 1. The fourth-order valence-corrected chi connectivity index (χ4v) is 2.96. The van der Waals surface area contributed by atoms with E-state index in [1.165, 1.54) is 16.3 Å². The van der Waals surface area contributed by atoms with Crippen LogP contribution in [-0.4, -0.2) is 0 Å². The molecule has 3 aromatic carbocycles. The van der Waals surface area contributed by atoms with Gasteiger partial charge in [0.15, 0.2) is 0 Å². The van der Waals surface area contributed by atoms with Crippen LogP contribution in [0.5, 0.6) is 0 Å². The standard InChI is InChI=1S/C18H17BrN2/c1-12-6-7-16(11-17(12)19)18(21-20)15-9-8-13-4-2-3-5-14(13)10-15/h2-11,18,21H,20H2,1H3. The Morgan fingerprint density at radius 3 is 2.29 bits per heavy atom. The molecular formula is C18H17BrN2. The summed E-state index contributed by atoms with van der Waals surface area (Å²) in [4.78, 5) is 0. The molecule has 0 heterocycles. The first-order valence-electron chi connectivity index (χ1n) is 6.90. The van der Waals surface area contributed by atoms with Crippen LogP contribution < -0.4 is 11.3 Å². The zero-order valence-corrected chi connectivity index (χ0v) is 13.4. The Balaban J connectivity index is 2.06. The van der Waals surface area contributed by atoms with Crippen molar-refractivity contribution >= 4 is 26.7 Å². The highest BCUT2D eigenvalue weighted by Crippen LogP contribution is 2.28. The van der Waals surface area contributed by atoms with Gasteiger partial charge in [-0.15, -0.1) is 0 Å². The van der Waals surface area contributed by atoms with Gasteiger partial charge in [0, 0.05) is 4.47 Å². The molecule has 0 aliphatic rings. The third-order valence-corrected chi connectivity index (χ3v) is 4.66. The number of hydrogen-bond donors (Lipinski definition) is 2. The average molecular weight is 341 g/mol. The molecule has 0 aliphatic carbocycles. The molecule has 0 fully saturated rings. The second kappa shape index (κ2) is 5.98. The molecule has 3 rings (SSSR count). The third-order valence-electron chi connectivity index (χ3n) is 3.80. The minimum absolute atomic E-state index is 0.0218. The Labute approximate surface area is 133 Å². The summed E-state index contributed by atoms with van der Waals surface area (Å²) in [6.45, 7) is 2.08. The van der Waals surface area contributed by atoms with E-state index in [1.807, 2.05) is 0 Å². The van der Waals surface area contributed by atoms with Crippen LogP contribution in [0.2, 0.25) is 0 Å². The van der Waals surface area contributed by atoms with E-state index < -0.39 is 0 Å². The summed E-state index contributed by atoms with van der Waals surface area (Å²) >= 11 is 3.59. The number of nitrogens with two attached hydrogens (primary N) is 1. The predicted octanol–water partition coefficient (Wildman–Crippen LogP) is 4.46. The average Bonchev–Trinajstić information content (AvgIpc) is 2.51. The summed E-state index contributed by atoms with van der Waals surface area (Å²) in [7, 11) is 0. The van der Waals surface area contributed by atoms with Gasteiger partial charge in [0.2, 0.25) is 0 Å². The fourth-order valence-electron chi connectivity index (χ4n) is 2.56. The van der Waals surface area contributed by atoms with E-state index in [0.29, 0.717) is 0 Å². The van der Waals surface area contributed by atoms with E-state index in [0.717, 1.165) is 15.6 Å². The smallest absolute Gasteiger partial charge is 0.0710 e. The quantitative estimate of drug-likeness (QED) is 0.545. The number of benzene rings is 3. The molecule has 0 bridgehead atoms. The molecule has 3 N–H and O–H groups in total. The van der Waals surface area contributed by atoms with Gasteiger partial charge >= 0.3 is 0 Å². The van der Waals surface area contributed by atoms with Gasteiger partial charge in [0.1, 0.15) is 0 Å². The predicted molar refractivity (Wildman–Crippen MR) is 92.0 cm³/mol. The van der Waals surface area contributed by atoms with Crippen molar-refractivity contribution in [2.45, 2.75) is 13.0 Å². The van der Waals surface area contributed by atoms with Crippen molar-refractivity contribution in [3.63, 3.8) is 0 Å². The minimum Gasteiger partial charge on any atom is -0.271 e. The van der Waals surface area contributed by atoms with Crippen LogP contribution in [0.25, 0.3) is 10.8 Å². The van der Waals surface area contributed by atoms with Gasteiger partial charge in [-0.3, -0.25) is 5.84 Å². The maximum atomic E-state index is 5.80. The SMILES string of the molecule is Cc1ccc(C(NN)c2ccc3ccccc3c2)cc1Br. The first kappa shape index (κ1) is 14.3. The van der Waals surface area contributed by atoms with Gasteiger partial charge in [-0.25, -0.2) is 5.43 Å². The van der Waals surface area contributed by atoms with Gasteiger partial charge < -0.3 is 0 Å². The molecule has 0 saturated heterocycles. The number of halogens is 1. The minimum atomic E-state index is -0.0218. The van der Waals surface area contributed by atoms with Gasteiger partial charge in [0.25, 0.3) is 0 Å². The van der Waals surface area contributed by atoms with Crippen molar-refractivity contribution in [1.82, 2.24) is 5.43 Å². The maximum Gasteiger partial charge on any atom is 0.0710 e. The monoisotopic (exact) mass is 340 g/mol.